The van der Waals surface area contributed by atoms with Crippen molar-refractivity contribution in [1.29, 1.82) is 0 Å². The van der Waals surface area contributed by atoms with E-state index in [0.717, 1.165) is 46.1 Å². The molecule has 0 fully saturated rings. The number of carbonyl (C=O) groups is 1. The Balaban J connectivity index is 1.91. The molecule has 146 valence electrons. The maximum atomic E-state index is 13.1. The van der Waals surface area contributed by atoms with Crippen molar-refractivity contribution in [1.82, 2.24) is 25.1 Å². The van der Waals surface area contributed by atoms with E-state index in [0.29, 0.717) is 5.56 Å². The molecule has 0 bridgehead atoms. The molecule has 1 aromatic carbocycles. The van der Waals surface area contributed by atoms with Gasteiger partial charge in [0.25, 0.3) is 5.91 Å². The summed E-state index contributed by atoms with van der Waals surface area (Å²) in [7, 11) is 1.83. The third-order valence-electron chi connectivity index (χ3n) is 5.16. The van der Waals surface area contributed by atoms with Gasteiger partial charge in [-0.15, -0.1) is 0 Å². The number of hydrogen-bond donors (Lipinski definition) is 1. The lowest BCUT2D eigenvalue weighted by molar-refractivity contribution is 0.0742. The highest BCUT2D eigenvalue weighted by molar-refractivity contribution is 5.95. The fourth-order valence-electron chi connectivity index (χ4n) is 3.52. The van der Waals surface area contributed by atoms with E-state index in [1.807, 2.05) is 65.1 Å². The van der Waals surface area contributed by atoms with E-state index in [1.54, 1.807) is 4.90 Å². The normalized spacial score (nSPS) is 12.1. The number of hydrogen-bond acceptors (Lipinski definition) is 4. The Kier molecular flexibility index (Phi) is 5.58. The molecule has 6 nitrogen and oxygen atoms in total. The van der Waals surface area contributed by atoms with E-state index < -0.39 is 0 Å². The minimum Gasteiger partial charge on any atom is -0.335 e. The molecular formula is C22H27N5O. The predicted molar refractivity (Wildman–Crippen MR) is 110 cm³/mol. The lowest BCUT2D eigenvalue weighted by Gasteiger charge is -2.25. The summed E-state index contributed by atoms with van der Waals surface area (Å²) in [6, 6.07) is 9.54. The predicted octanol–water partition coefficient (Wildman–Crippen LogP) is 4.19. The van der Waals surface area contributed by atoms with Crippen LogP contribution in [0.4, 0.5) is 0 Å². The van der Waals surface area contributed by atoms with Gasteiger partial charge in [0.05, 0.1) is 17.4 Å². The molecule has 0 aliphatic rings. The van der Waals surface area contributed by atoms with Crippen molar-refractivity contribution >= 4 is 5.91 Å². The molecule has 0 spiro atoms. The molecular weight excluding hydrogens is 350 g/mol. The Hall–Kier alpha value is -3.02. The third kappa shape index (κ3) is 3.81. The van der Waals surface area contributed by atoms with E-state index in [-0.39, 0.29) is 11.9 Å². The second kappa shape index (κ2) is 7.92. The van der Waals surface area contributed by atoms with Crippen molar-refractivity contribution in [2.75, 3.05) is 7.05 Å². The van der Waals surface area contributed by atoms with Crippen LogP contribution in [0.1, 0.15) is 58.7 Å². The summed E-state index contributed by atoms with van der Waals surface area (Å²) in [5, 5.41) is 7.25. The topological polar surface area (TPSA) is 74.8 Å². The van der Waals surface area contributed by atoms with E-state index in [4.69, 9.17) is 0 Å². The maximum Gasteiger partial charge on any atom is 0.254 e. The van der Waals surface area contributed by atoms with Gasteiger partial charge in [0.1, 0.15) is 5.82 Å². The summed E-state index contributed by atoms with van der Waals surface area (Å²) < 4.78 is 0. The summed E-state index contributed by atoms with van der Waals surface area (Å²) >= 11 is 0. The number of aromatic amines is 1. The van der Waals surface area contributed by atoms with Gasteiger partial charge in [-0.1, -0.05) is 19.1 Å². The van der Waals surface area contributed by atoms with Crippen LogP contribution in [0.15, 0.2) is 30.3 Å². The third-order valence-corrected chi connectivity index (χ3v) is 5.16. The molecule has 6 heteroatoms. The molecule has 0 saturated carbocycles. The molecule has 1 N–H and O–H groups in total. The monoisotopic (exact) mass is 377 g/mol. The van der Waals surface area contributed by atoms with Crippen LogP contribution in [-0.4, -0.2) is 38.0 Å². The van der Waals surface area contributed by atoms with Crippen molar-refractivity contribution in [3.05, 3.63) is 64.4 Å². The quantitative estimate of drug-likeness (QED) is 0.723. The van der Waals surface area contributed by atoms with E-state index in [9.17, 15) is 4.79 Å². The van der Waals surface area contributed by atoms with Crippen molar-refractivity contribution in [2.45, 2.75) is 47.1 Å². The first-order chi connectivity index (χ1) is 13.3. The highest BCUT2D eigenvalue weighted by atomic mass is 16.2. The van der Waals surface area contributed by atoms with Gasteiger partial charge in [0.2, 0.25) is 0 Å². The number of carbonyl (C=O) groups excluding carboxylic acids is 1. The van der Waals surface area contributed by atoms with Crippen molar-refractivity contribution in [2.24, 2.45) is 0 Å². The highest BCUT2D eigenvalue weighted by Crippen LogP contribution is 2.26. The minimum atomic E-state index is -0.0807. The van der Waals surface area contributed by atoms with Gasteiger partial charge in [-0.25, -0.2) is 9.97 Å². The molecule has 1 amide bonds. The van der Waals surface area contributed by atoms with Crippen molar-refractivity contribution in [3.8, 4) is 11.3 Å². The average Bonchev–Trinajstić information content (AvgIpc) is 3.04. The molecule has 0 aliphatic carbocycles. The first kappa shape index (κ1) is 19.7. The van der Waals surface area contributed by atoms with Crippen LogP contribution in [0.25, 0.3) is 11.3 Å². The molecule has 1 atom stereocenters. The minimum absolute atomic E-state index is 0.0316. The average molecular weight is 377 g/mol. The zero-order valence-corrected chi connectivity index (χ0v) is 17.4. The van der Waals surface area contributed by atoms with Crippen LogP contribution < -0.4 is 0 Å². The van der Waals surface area contributed by atoms with Crippen LogP contribution in [-0.2, 0) is 6.42 Å². The number of aromatic nitrogens is 4. The Morgan fingerprint density at radius 3 is 2.57 bits per heavy atom. The fraction of sp³-hybridized carbons (Fsp3) is 0.364. The zero-order chi connectivity index (χ0) is 20.4. The molecule has 0 radical (unpaired) electrons. The summed E-state index contributed by atoms with van der Waals surface area (Å²) in [4.78, 5) is 23.9. The van der Waals surface area contributed by atoms with Crippen LogP contribution in [0.2, 0.25) is 0 Å². The number of benzene rings is 1. The Labute approximate surface area is 166 Å². The SMILES string of the molecule is CCc1cc(-c2cccc(C(=O)N(C)[C@H](C)c3c(C)n[nH]c3C)c2)nc(C)n1. The molecule has 0 aliphatic heterocycles. The smallest absolute Gasteiger partial charge is 0.254 e. The maximum absolute atomic E-state index is 13.1. The standard InChI is InChI=1S/C22H27N5O/c1-7-19-12-20(24-16(5)23-19)17-9-8-10-18(11-17)22(28)27(6)15(4)21-13(2)25-26-14(21)3/h8-12,15H,7H2,1-6H3,(H,25,26)/t15-/m1/s1. The van der Waals surface area contributed by atoms with Crippen LogP contribution in [0.3, 0.4) is 0 Å². The molecule has 3 rings (SSSR count). The number of rotatable bonds is 5. The number of nitrogens with one attached hydrogen (secondary N) is 1. The Morgan fingerprint density at radius 1 is 1.18 bits per heavy atom. The molecule has 0 saturated heterocycles. The fourth-order valence-corrected chi connectivity index (χ4v) is 3.52. The first-order valence-electron chi connectivity index (χ1n) is 9.55. The number of amides is 1. The summed E-state index contributed by atoms with van der Waals surface area (Å²) in [5.74, 6) is 0.707. The van der Waals surface area contributed by atoms with E-state index in [2.05, 4.69) is 27.1 Å². The van der Waals surface area contributed by atoms with Gasteiger partial charge < -0.3 is 4.90 Å². The van der Waals surface area contributed by atoms with Crippen molar-refractivity contribution < 1.29 is 4.79 Å². The van der Waals surface area contributed by atoms with Gasteiger partial charge in [0, 0.05) is 35.1 Å². The summed E-state index contributed by atoms with van der Waals surface area (Å²) in [6.07, 6.45) is 0.846. The second-order valence-corrected chi connectivity index (χ2v) is 7.17. The van der Waals surface area contributed by atoms with Gasteiger partial charge >= 0.3 is 0 Å². The molecule has 3 aromatic rings. The molecule has 0 unspecified atom stereocenters. The number of H-pyrrole nitrogens is 1. The first-order valence-corrected chi connectivity index (χ1v) is 9.55. The summed E-state index contributed by atoms with van der Waals surface area (Å²) in [6.45, 7) is 9.92. The number of nitrogens with zero attached hydrogens (tertiary/aromatic N) is 4. The van der Waals surface area contributed by atoms with Gasteiger partial charge in [0.15, 0.2) is 0 Å². The van der Waals surface area contributed by atoms with Gasteiger partial charge in [-0.05, 0) is 52.3 Å². The largest absolute Gasteiger partial charge is 0.335 e. The molecule has 28 heavy (non-hydrogen) atoms. The van der Waals surface area contributed by atoms with E-state index >= 15 is 0 Å². The highest BCUT2D eigenvalue weighted by Gasteiger charge is 2.23. The lowest BCUT2D eigenvalue weighted by atomic mass is 10.0. The van der Waals surface area contributed by atoms with Gasteiger partial charge in [-0.3, -0.25) is 9.89 Å². The van der Waals surface area contributed by atoms with Gasteiger partial charge in [-0.2, -0.15) is 5.10 Å². The van der Waals surface area contributed by atoms with Crippen LogP contribution in [0.5, 0.6) is 0 Å². The Morgan fingerprint density at radius 2 is 1.93 bits per heavy atom. The zero-order valence-electron chi connectivity index (χ0n) is 17.4. The van der Waals surface area contributed by atoms with Crippen LogP contribution >= 0.6 is 0 Å². The Bertz CT molecular complexity index is 988. The molecule has 2 heterocycles. The summed E-state index contributed by atoms with van der Waals surface area (Å²) in [5.41, 5.74) is 6.37. The second-order valence-electron chi connectivity index (χ2n) is 7.17. The van der Waals surface area contributed by atoms with Crippen molar-refractivity contribution in [3.63, 3.8) is 0 Å². The van der Waals surface area contributed by atoms with Crippen LogP contribution in [0, 0.1) is 20.8 Å². The molecule has 2 aromatic heterocycles. The van der Waals surface area contributed by atoms with E-state index in [1.165, 1.54) is 0 Å². The lowest BCUT2D eigenvalue weighted by Crippen LogP contribution is -2.30. The number of aryl methyl sites for hydroxylation is 4.